The summed E-state index contributed by atoms with van der Waals surface area (Å²) in [5.41, 5.74) is 6.35. The van der Waals surface area contributed by atoms with Crippen LogP contribution in [0.5, 0.6) is 5.75 Å². The van der Waals surface area contributed by atoms with Gasteiger partial charge in [0.25, 0.3) is 0 Å². The van der Waals surface area contributed by atoms with Crippen molar-refractivity contribution in [2.75, 3.05) is 12.8 Å². The molecule has 0 aliphatic heterocycles. The number of halogens is 2. The fourth-order valence-electron chi connectivity index (χ4n) is 1.72. The number of rotatable bonds is 3. The largest absolute Gasteiger partial charge is 0.494 e. The zero-order chi connectivity index (χ0) is 14.0. The average molecular weight is 283 g/mol. The molecule has 0 saturated heterocycles. The predicted molar refractivity (Wildman–Crippen MR) is 70.7 cm³/mol. The van der Waals surface area contributed by atoms with Gasteiger partial charge in [-0.05, 0) is 23.8 Å². The summed E-state index contributed by atoms with van der Waals surface area (Å²) in [6.45, 7) is 0. The second-order valence-electron chi connectivity index (χ2n) is 3.92. The number of nitrogens with two attached hydrogens (primary N) is 1. The van der Waals surface area contributed by atoms with Crippen LogP contribution < -0.4 is 10.5 Å². The van der Waals surface area contributed by atoms with Crippen LogP contribution >= 0.6 is 11.6 Å². The fraction of sp³-hybridized carbons (Fsp3) is 0.154. The number of hydrogen-bond acceptors (Lipinski definition) is 4. The van der Waals surface area contributed by atoms with Gasteiger partial charge in [0.15, 0.2) is 11.6 Å². The molecule has 1 aromatic heterocycles. The van der Waals surface area contributed by atoms with E-state index in [1.807, 2.05) is 0 Å². The van der Waals surface area contributed by atoms with Crippen molar-refractivity contribution >= 4 is 17.4 Å². The number of pyridine rings is 1. The van der Waals surface area contributed by atoms with Crippen molar-refractivity contribution in [2.24, 2.45) is 0 Å². The molecule has 19 heavy (non-hydrogen) atoms. The first-order chi connectivity index (χ1) is 9.02. The van der Waals surface area contributed by atoms with Gasteiger partial charge in [-0.1, -0.05) is 17.7 Å². The molecule has 6 heteroatoms. The molecule has 1 unspecified atom stereocenters. The van der Waals surface area contributed by atoms with Gasteiger partial charge in [-0.15, -0.1) is 0 Å². The quantitative estimate of drug-likeness (QED) is 0.908. The lowest BCUT2D eigenvalue weighted by atomic mass is 10.0. The lowest BCUT2D eigenvalue weighted by Crippen LogP contribution is -2.06. The van der Waals surface area contributed by atoms with Gasteiger partial charge in [-0.3, -0.25) is 0 Å². The van der Waals surface area contributed by atoms with Crippen molar-refractivity contribution in [1.82, 2.24) is 4.98 Å². The molecule has 4 nitrogen and oxygen atoms in total. The molecular formula is C13H12ClFN2O2. The first kappa shape index (κ1) is 13.6. The number of benzene rings is 1. The molecule has 0 radical (unpaired) electrons. The molecule has 0 aliphatic carbocycles. The Bertz CT molecular complexity index is 607. The van der Waals surface area contributed by atoms with Crippen molar-refractivity contribution in [2.45, 2.75) is 6.10 Å². The van der Waals surface area contributed by atoms with Gasteiger partial charge in [-0.25, -0.2) is 9.37 Å². The van der Waals surface area contributed by atoms with E-state index in [0.29, 0.717) is 16.1 Å². The first-order valence-corrected chi connectivity index (χ1v) is 5.83. The van der Waals surface area contributed by atoms with Crippen molar-refractivity contribution < 1.29 is 14.2 Å². The van der Waals surface area contributed by atoms with Gasteiger partial charge >= 0.3 is 0 Å². The number of hydrogen-bond donors (Lipinski definition) is 2. The Balaban J connectivity index is 2.41. The van der Waals surface area contributed by atoms with Crippen LogP contribution in [0.3, 0.4) is 0 Å². The molecule has 1 heterocycles. The SMILES string of the molecule is COc1ccc(C(O)c2cc(Cl)cnc2N)cc1F. The Hall–Kier alpha value is -1.85. The van der Waals surface area contributed by atoms with Gasteiger partial charge in [0.2, 0.25) is 0 Å². The number of aliphatic hydroxyl groups excluding tert-OH is 1. The van der Waals surface area contributed by atoms with E-state index < -0.39 is 11.9 Å². The minimum absolute atomic E-state index is 0.105. The zero-order valence-electron chi connectivity index (χ0n) is 10.1. The van der Waals surface area contributed by atoms with Crippen molar-refractivity contribution in [3.8, 4) is 5.75 Å². The van der Waals surface area contributed by atoms with Gasteiger partial charge < -0.3 is 15.6 Å². The second kappa shape index (κ2) is 5.42. The maximum atomic E-state index is 13.6. The van der Waals surface area contributed by atoms with Crippen molar-refractivity contribution in [1.29, 1.82) is 0 Å². The minimum Gasteiger partial charge on any atom is -0.494 e. The van der Waals surface area contributed by atoms with E-state index >= 15 is 0 Å². The number of nitrogens with zero attached hydrogens (tertiary/aromatic N) is 1. The molecule has 100 valence electrons. The molecule has 0 saturated carbocycles. The Morgan fingerprint density at radius 1 is 1.42 bits per heavy atom. The Morgan fingerprint density at radius 2 is 2.16 bits per heavy atom. The van der Waals surface area contributed by atoms with Crippen LogP contribution in [0.25, 0.3) is 0 Å². The Morgan fingerprint density at radius 3 is 2.79 bits per heavy atom. The Kier molecular flexibility index (Phi) is 3.87. The molecule has 2 aromatic rings. The third-order valence-corrected chi connectivity index (χ3v) is 2.91. The monoisotopic (exact) mass is 282 g/mol. The fourth-order valence-corrected chi connectivity index (χ4v) is 1.88. The van der Waals surface area contributed by atoms with E-state index in [2.05, 4.69) is 4.98 Å². The zero-order valence-corrected chi connectivity index (χ0v) is 10.9. The highest BCUT2D eigenvalue weighted by Crippen LogP contribution is 2.29. The standard InChI is InChI=1S/C13H12ClFN2O2/c1-19-11-3-2-7(4-10(11)15)12(18)9-5-8(14)6-17-13(9)16/h2-6,12,18H,1H3,(H2,16,17). The number of aliphatic hydroxyl groups is 1. The first-order valence-electron chi connectivity index (χ1n) is 5.45. The smallest absolute Gasteiger partial charge is 0.165 e. The summed E-state index contributed by atoms with van der Waals surface area (Å²) in [5.74, 6) is -0.311. The predicted octanol–water partition coefficient (Wildman–Crippen LogP) is 2.55. The molecule has 0 aliphatic rings. The van der Waals surface area contributed by atoms with E-state index in [0.717, 1.165) is 0 Å². The summed E-state index contributed by atoms with van der Waals surface area (Å²) in [4.78, 5) is 3.85. The third-order valence-electron chi connectivity index (χ3n) is 2.70. The molecule has 1 aromatic carbocycles. The summed E-state index contributed by atoms with van der Waals surface area (Å²) in [6, 6.07) is 5.66. The molecule has 0 spiro atoms. The second-order valence-corrected chi connectivity index (χ2v) is 4.36. The van der Waals surface area contributed by atoms with E-state index in [1.54, 1.807) is 6.07 Å². The summed E-state index contributed by atoms with van der Waals surface area (Å²) < 4.78 is 18.4. The van der Waals surface area contributed by atoms with Crippen LogP contribution in [0.15, 0.2) is 30.5 Å². The number of aromatic nitrogens is 1. The molecule has 0 bridgehead atoms. The molecule has 0 fully saturated rings. The number of methoxy groups -OCH3 is 1. The van der Waals surface area contributed by atoms with Crippen LogP contribution in [0.4, 0.5) is 10.2 Å². The van der Waals surface area contributed by atoms with Gasteiger partial charge in [0, 0.05) is 11.8 Å². The average Bonchev–Trinajstić information content (AvgIpc) is 2.40. The normalized spacial score (nSPS) is 12.2. The summed E-state index contributed by atoms with van der Waals surface area (Å²) in [6.07, 6.45) is 0.272. The van der Waals surface area contributed by atoms with Crippen LogP contribution in [0, 0.1) is 5.82 Å². The third kappa shape index (κ3) is 2.77. The van der Waals surface area contributed by atoms with E-state index in [4.69, 9.17) is 22.1 Å². The van der Waals surface area contributed by atoms with Crippen molar-refractivity contribution in [3.63, 3.8) is 0 Å². The highest BCUT2D eigenvalue weighted by Gasteiger charge is 2.17. The van der Waals surface area contributed by atoms with Gasteiger partial charge in [0.05, 0.1) is 12.1 Å². The summed E-state index contributed by atoms with van der Waals surface area (Å²) in [5, 5.41) is 10.5. The topological polar surface area (TPSA) is 68.4 Å². The summed E-state index contributed by atoms with van der Waals surface area (Å²) >= 11 is 5.80. The number of ether oxygens (including phenoxy) is 1. The molecule has 2 rings (SSSR count). The number of nitrogen functional groups attached to an aromatic ring is 1. The van der Waals surface area contributed by atoms with Crippen molar-refractivity contribution in [3.05, 3.63) is 52.4 Å². The highest BCUT2D eigenvalue weighted by atomic mass is 35.5. The molecule has 3 N–H and O–H groups in total. The highest BCUT2D eigenvalue weighted by molar-refractivity contribution is 6.30. The van der Waals surface area contributed by atoms with E-state index in [1.165, 1.54) is 31.5 Å². The maximum absolute atomic E-state index is 13.6. The minimum atomic E-state index is -1.10. The van der Waals surface area contributed by atoms with Crippen LogP contribution in [0.2, 0.25) is 5.02 Å². The van der Waals surface area contributed by atoms with Gasteiger partial charge in [0.1, 0.15) is 11.9 Å². The lowest BCUT2D eigenvalue weighted by Gasteiger charge is -2.14. The Labute approximate surface area is 114 Å². The van der Waals surface area contributed by atoms with E-state index in [9.17, 15) is 9.50 Å². The van der Waals surface area contributed by atoms with E-state index in [-0.39, 0.29) is 11.6 Å². The lowest BCUT2D eigenvalue weighted by molar-refractivity contribution is 0.220. The van der Waals surface area contributed by atoms with Crippen LogP contribution in [0.1, 0.15) is 17.2 Å². The molecular weight excluding hydrogens is 271 g/mol. The number of anilines is 1. The molecule has 0 amide bonds. The maximum Gasteiger partial charge on any atom is 0.165 e. The molecule has 1 atom stereocenters. The van der Waals surface area contributed by atoms with Gasteiger partial charge in [-0.2, -0.15) is 0 Å². The summed E-state index contributed by atoms with van der Waals surface area (Å²) in [7, 11) is 1.37. The van der Waals surface area contributed by atoms with Crippen LogP contribution in [-0.2, 0) is 0 Å². The van der Waals surface area contributed by atoms with Crippen LogP contribution in [-0.4, -0.2) is 17.2 Å².